The molecule has 1 unspecified atom stereocenters. The molecule has 2 atom stereocenters. The van der Waals surface area contributed by atoms with Crippen LogP contribution in [0.25, 0.3) is 0 Å². The monoisotopic (exact) mass is 442 g/mol. The third-order valence-electron chi connectivity index (χ3n) is 5.99. The number of halogens is 1. The largest absolute Gasteiger partial charge is 0.353 e. The molecule has 4 rings (SSSR count). The van der Waals surface area contributed by atoms with Gasteiger partial charge in [0.2, 0.25) is 0 Å². The van der Waals surface area contributed by atoms with E-state index in [4.69, 9.17) is 0 Å². The molecule has 0 bridgehead atoms. The minimum Gasteiger partial charge on any atom is -0.353 e. The van der Waals surface area contributed by atoms with Crippen molar-refractivity contribution < 1.29 is 4.79 Å². The predicted octanol–water partition coefficient (Wildman–Crippen LogP) is 3.44. The lowest BCUT2D eigenvalue weighted by Gasteiger charge is -2.36. The predicted molar refractivity (Wildman–Crippen MR) is 116 cm³/mol. The molecular weight excluding hydrogens is 416 g/mol. The second kappa shape index (κ2) is 8.21. The molecule has 0 saturated carbocycles. The van der Waals surface area contributed by atoms with Crippen LogP contribution in [-0.2, 0) is 0 Å². The molecule has 6 heteroatoms. The van der Waals surface area contributed by atoms with Crippen LogP contribution in [0.2, 0.25) is 0 Å². The molecule has 1 N–H and O–H groups in total. The fraction of sp³-hybridized carbons (Fsp3) is 0.455. The van der Waals surface area contributed by atoms with Crippen LogP contribution in [0, 0.1) is 12.8 Å². The van der Waals surface area contributed by atoms with Crippen molar-refractivity contribution in [1.82, 2.24) is 15.2 Å². The number of rotatable bonds is 3. The molecule has 28 heavy (non-hydrogen) atoms. The summed E-state index contributed by atoms with van der Waals surface area (Å²) in [7, 11) is 0. The van der Waals surface area contributed by atoms with Crippen molar-refractivity contribution in [3.05, 3.63) is 57.7 Å². The maximum atomic E-state index is 12.9. The molecule has 2 aliphatic rings. The summed E-state index contributed by atoms with van der Waals surface area (Å²) in [5.74, 6) is 2.34. The number of carbonyl (C=O) groups excluding carboxylic acids is 1. The lowest BCUT2D eigenvalue weighted by Crippen LogP contribution is -2.49. The van der Waals surface area contributed by atoms with Crippen molar-refractivity contribution >= 4 is 27.7 Å². The summed E-state index contributed by atoms with van der Waals surface area (Å²) in [6, 6.07) is 10.3. The quantitative estimate of drug-likeness (QED) is 0.790. The van der Waals surface area contributed by atoms with Crippen LogP contribution in [0.15, 0.2) is 41.0 Å². The van der Waals surface area contributed by atoms with Crippen molar-refractivity contribution in [2.75, 3.05) is 44.2 Å². The highest BCUT2D eigenvalue weighted by Crippen LogP contribution is 2.28. The van der Waals surface area contributed by atoms with Crippen molar-refractivity contribution in [2.24, 2.45) is 5.92 Å². The SMILES string of the molecule is Cc1cc(Br)cnc1N1CCN(C(=O)c2ccc([C@@H]3CNCC3C)cc2)CC1. The van der Waals surface area contributed by atoms with E-state index in [1.165, 1.54) is 5.56 Å². The van der Waals surface area contributed by atoms with E-state index in [9.17, 15) is 4.79 Å². The summed E-state index contributed by atoms with van der Waals surface area (Å²) in [5.41, 5.74) is 3.27. The van der Waals surface area contributed by atoms with Crippen LogP contribution < -0.4 is 10.2 Å². The molecule has 5 nitrogen and oxygen atoms in total. The molecule has 148 valence electrons. The van der Waals surface area contributed by atoms with Gasteiger partial charge in [-0.25, -0.2) is 4.98 Å². The van der Waals surface area contributed by atoms with E-state index in [1.54, 1.807) is 0 Å². The zero-order valence-corrected chi connectivity index (χ0v) is 18.1. The van der Waals surface area contributed by atoms with Crippen LogP contribution in [0.3, 0.4) is 0 Å². The summed E-state index contributed by atoms with van der Waals surface area (Å²) in [6.45, 7) is 9.53. The number of benzene rings is 1. The minimum absolute atomic E-state index is 0.129. The van der Waals surface area contributed by atoms with Crippen LogP contribution in [0.4, 0.5) is 5.82 Å². The van der Waals surface area contributed by atoms with Crippen molar-refractivity contribution in [1.29, 1.82) is 0 Å². The number of piperazine rings is 1. The van der Waals surface area contributed by atoms with Crippen LogP contribution in [0.5, 0.6) is 0 Å². The number of amides is 1. The minimum atomic E-state index is 0.129. The Kier molecular flexibility index (Phi) is 5.69. The summed E-state index contributed by atoms with van der Waals surface area (Å²) in [4.78, 5) is 21.7. The Morgan fingerprint density at radius 1 is 1.14 bits per heavy atom. The molecule has 2 fully saturated rings. The Morgan fingerprint density at radius 3 is 2.46 bits per heavy atom. The first-order valence-electron chi connectivity index (χ1n) is 10.00. The van der Waals surface area contributed by atoms with E-state index in [-0.39, 0.29) is 5.91 Å². The van der Waals surface area contributed by atoms with Gasteiger partial charge in [0.25, 0.3) is 5.91 Å². The van der Waals surface area contributed by atoms with Gasteiger partial charge in [-0.3, -0.25) is 4.79 Å². The second-order valence-corrected chi connectivity index (χ2v) is 8.85. The van der Waals surface area contributed by atoms with Gasteiger partial charge < -0.3 is 15.1 Å². The van der Waals surface area contributed by atoms with Gasteiger partial charge in [0.05, 0.1) is 0 Å². The standard InChI is InChI=1S/C22H27BrN4O/c1-15-11-19(23)13-25-21(15)26-7-9-27(10-8-26)22(28)18-5-3-17(4-6-18)20-14-24-12-16(20)2/h3-6,11,13,16,20,24H,7-10,12,14H2,1-2H3/t16?,20-/m1/s1. The molecule has 0 radical (unpaired) electrons. The smallest absolute Gasteiger partial charge is 0.253 e. The number of hydrogen-bond donors (Lipinski definition) is 1. The molecule has 2 aromatic rings. The maximum absolute atomic E-state index is 12.9. The number of pyridine rings is 1. The van der Waals surface area contributed by atoms with E-state index in [2.05, 4.69) is 63.2 Å². The Labute approximate surface area is 175 Å². The molecular formula is C22H27BrN4O. The molecule has 2 saturated heterocycles. The molecule has 1 amide bonds. The molecule has 1 aromatic carbocycles. The molecule has 3 heterocycles. The highest BCUT2D eigenvalue weighted by molar-refractivity contribution is 9.10. The van der Waals surface area contributed by atoms with Crippen molar-refractivity contribution in [3.63, 3.8) is 0 Å². The molecule has 0 aliphatic carbocycles. The highest BCUT2D eigenvalue weighted by atomic mass is 79.9. The zero-order valence-electron chi connectivity index (χ0n) is 16.5. The number of hydrogen-bond acceptors (Lipinski definition) is 4. The normalized spacial score (nSPS) is 22.5. The lowest BCUT2D eigenvalue weighted by molar-refractivity contribution is 0.0746. The van der Waals surface area contributed by atoms with Gasteiger partial charge in [-0.1, -0.05) is 19.1 Å². The van der Waals surface area contributed by atoms with Crippen molar-refractivity contribution in [3.8, 4) is 0 Å². The van der Waals surface area contributed by atoms with E-state index < -0.39 is 0 Å². The number of carbonyl (C=O) groups is 1. The average Bonchev–Trinajstić information content (AvgIpc) is 3.14. The molecule has 1 aromatic heterocycles. The Morgan fingerprint density at radius 2 is 1.86 bits per heavy atom. The fourth-order valence-electron chi connectivity index (χ4n) is 4.30. The maximum Gasteiger partial charge on any atom is 0.253 e. The van der Waals surface area contributed by atoms with Gasteiger partial charge in [0, 0.05) is 54.9 Å². The first kappa shape index (κ1) is 19.4. The second-order valence-electron chi connectivity index (χ2n) is 7.94. The number of aromatic nitrogens is 1. The van der Waals surface area contributed by atoms with Gasteiger partial charge in [-0.15, -0.1) is 0 Å². The number of nitrogens with one attached hydrogen (secondary N) is 1. The van der Waals surface area contributed by atoms with Gasteiger partial charge >= 0.3 is 0 Å². The van der Waals surface area contributed by atoms with E-state index >= 15 is 0 Å². The third-order valence-corrected chi connectivity index (χ3v) is 6.42. The van der Waals surface area contributed by atoms with Gasteiger partial charge in [0.1, 0.15) is 5.82 Å². The Bertz CT molecular complexity index is 846. The van der Waals surface area contributed by atoms with Crippen LogP contribution >= 0.6 is 15.9 Å². The lowest BCUT2D eigenvalue weighted by atomic mass is 9.90. The number of aryl methyl sites for hydroxylation is 1. The summed E-state index contributed by atoms with van der Waals surface area (Å²) in [5, 5.41) is 3.45. The van der Waals surface area contributed by atoms with Crippen LogP contribution in [0.1, 0.15) is 34.3 Å². The van der Waals surface area contributed by atoms with E-state index in [0.29, 0.717) is 11.8 Å². The van der Waals surface area contributed by atoms with E-state index in [0.717, 1.165) is 60.7 Å². The first-order chi connectivity index (χ1) is 13.5. The van der Waals surface area contributed by atoms with Crippen molar-refractivity contribution in [2.45, 2.75) is 19.8 Å². The summed E-state index contributed by atoms with van der Waals surface area (Å²) >= 11 is 3.47. The molecule has 2 aliphatic heterocycles. The third kappa shape index (κ3) is 3.94. The number of anilines is 1. The topological polar surface area (TPSA) is 48.5 Å². The van der Waals surface area contributed by atoms with Gasteiger partial charge in [0.15, 0.2) is 0 Å². The Hall–Kier alpha value is -1.92. The Balaban J connectivity index is 1.38. The number of nitrogens with zero attached hydrogens (tertiary/aromatic N) is 3. The zero-order chi connectivity index (χ0) is 19.7. The first-order valence-corrected chi connectivity index (χ1v) is 10.8. The summed E-state index contributed by atoms with van der Waals surface area (Å²) in [6.07, 6.45) is 1.84. The summed E-state index contributed by atoms with van der Waals surface area (Å²) < 4.78 is 0.994. The van der Waals surface area contributed by atoms with Crippen LogP contribution in [-0.4, -0.2) is 55.1 Å². The van der Waals surface area contributed by atoms with Gasteiger partial charge in [-0.2, -0.15) is 0 Å². The average molecular weight is 443 g/mol. The molecule has 0 spiro atoms. The highest BCUT2D eigenvalue weighted by Gasteiger charge is 2.26. The van der Waals surface area contributed by atoms with E-state index in [1.807, 2.05) is 23.2 Å². The fourth-order valence-corrected chi connectivity index (χ4v) is 4.74. The van der Waals surface area contributed by atoms with Gasteiger partial charge in [-0.05, 0) is 64.6 Å².